The average molecular weight is 450 g/mol. The van der Waals surface area contributed by atoms with E-state index in [0.717, 1.165) is 30.8 Å². The number of aryl methyl sites for hydroxylation is 2. The first-order valence-corrected chi connectivity index (χ1v) is 11.7. The van der Waals surface area contributed by atoms with Crippen molar-refractivity contribution in [3.05, 3.63) is 47.1 Å². The van der Waals surface area contributed by atoms with Crippen LogP contribution in [0.15, 0.2) is 35.2 Å². The van der Waals surface area contributed by atoms with Gasteiger partial charge in [-0.3, -0.25) is 14.8 Å². The van der Waals surface area contributed by atoms with Crippen LogP contribution >= 0.6 is 0 Å². The topological polar surface area (TPSA) is 58.9 Å². The molecule has 1 aliphatic heterocycles. The summed E-state index contributed by atoms with van der Waals surface area (Å²) in [5, 5.41) is 11.0. The van der Waals surface area contributed by atoms with Gasteiger partial charge >= 0.3 is 0 Å². The van der Waals surface area contributed by atoms with Crippen molar-refractivity contribution in [2.45, 2.75) is 107 Å². The molecule has 0 fully saturated rings. The summed E-state index contributed by atoms with van der Waals surface area (Å²) in [5.74, 6) is 0. The van der Waals surface area contributed by atoms with Gasteiger partial charge in [0.15, 0.2) is 0 Å². The molecule has 0 amide bonds. The van der Waals surface area contributed by atoms with Crippen LogP contribution in [0.2, 0.25) is 0 Å². The van der Waals surface area contributed by atoms with Crippen molar-refractivity contribution >= 4 is 5.71 Å². The first-order valence-electron chi connectivity index (χ1n) is 13.4. The minimum Gasteiger partial charge on any atom is -0.285 e. The molecule has 5 nitrogen and oxygen atoms in total. The Balaban J connectivity index is 0.000000478. The number of aromatic nitrogens is 4. The van der Waals surface area contributed by atoms with Crippen molar-refractivity contribution in [1.29, 1.82) is 0 Å². The molecule has 0 bridgehead atoms. The zero-order valence-corrected chi connectivity index (χ0v) is 22.4. The lowest BCUT2D eigenvalue weighted by atomic mass is 9.83. The second-order valence-corrected chi connectivity index (χ2v) is 11.4. The quantitative estimate of drug-likeness (QED) is 0.523. The molecule has 1 aliphatic rings. The molecule has 3 rings (SSSR count). The maximum absolute atomic E-state index is 7.21. The molecule has 0 saturated carbocycles. The highest BCUT2D eigenvalue weighted by molar-refractivity contribution is 6.02. The largest absolute Gasteiger partial charge is 0.285 e. The molecule has 0 saturated heterocycles. The number of aromatic amines is 1. The first kappa shape index (κ1) is 24.5. The van der Waals surface area contributed by atoms with Gasteiger partial charge < -0.3 is 0 Å². The maximum Gasteiger partial charge on any atom is 0.0580 e. The van der Waals surface area contributed by atoms with Crippen LogP contribution in [-0.2, 0) is 17.4 Å². The van der Waals surface area contributed by atoms with Gasteiger partial charge in [-0.15, -0.1) is 0 Å². The van der Waals surface area contributed by atoms with Crippen LogP contribution in [0.1, 0.15) is 104 Å². The molecule has 0 unspecified atom stereocenters. The van der Waals surface area contributed by atoms with Gasteiger partial charge in [0, 0.05) is 28.5 Å². The van der Waals surface area contributed by atoms with E-state index >= 15 is 0 Å². The zero-order chi connectivity index (χ0) is 27.4. The molecule has 1 N–H and O–H groups in total. The predicted molar refractivity (Wildman–Crippen MR) is 141 cm³/mol. The van der Waals surface area contributed by atoms with Gasteiger partial charge in [0.2, 0.25) is 0 Å². The lowest BCUT2D eigenvalue weighted by molar-refractivity contribution is 0.524. The van der Waals surface area contributed by atoms with E-state index < -0.39 is 0 Å². The molecule has 0 aromatic carbocycles. The predicted octanol–water partition coefficient (Wildman–Crippen LogP) is 7.29. The normalized spacial score (nSPS) is 14.8. The van der Waals surface area contributed by atoms with Crippen molar-refractivity contribution in [2.24, 2.45) is 10.4 Å². The summed E-state index contributed by atoms with van der Waals surface area (Å²) in [6.45, 7) is 26.1. The van der Waals surface area contributed by atoms with Gasteiger partial charge in [-0.2, -0.15) is 10.2 Å². The SMILES string of the molecule is CCC1=NCC=C1C(C)(C)C.CCn1cc(C(C)(C)C)cn1.[3H]Cc1[nH]ncc1C(C)(C)C.[3H][3H]. The number of nitrogens with one attached hydrogen (secondary N) is 1. The van der Waals surface area contributed by atoms with E-state index in [2.05, 4.69) is 109 Å². The monoisotopic (exact) mass is 449 g/mol. The maximum atomic E-state index is 7.21. The highest BCUT2D eigenvalue weighted by Gasteiger charge is 2.22. The molecule has 0 aliphatic carbocycles. The Kier molecular flexibility index (Phi) is 8.50. The number of hydrogen-bond acceptors (Lipinski definition) is 3. The van der Waals surface area contributed by atoms with Crippen LogP contribution in [-0.4, -0.2) is 32.2 Å². The van der Waals surface area contributed by atoms with Crippen LogP contribution in [0.5, 0.6) is 0 Å². The molecular formula is C27H49N5. The molecule has 182 valence electrons. The van der Waals surface area contributed by atoms with E-state index in [9.17, 15) is 0 Å². The fourth-order valence-corrected chi connectivity index (χ4v) is 3.37. The van der Waals surface area contributed by atoms with Crippen LogP contribution in [0.3, 0.4) is 0 Å². The Morgan fingerprint density at radius 2 is 1.69 bits per heavy atom. The van der Waals surface area contributed by atoms with Crippen molar-refractivity contribution < 1.29 is 4.34 Å². The van der Waals surface area contributed by atoms with Gasteiger partial charge in [-0.1, -0.05) is 75.3 Å². The smallest absolute Gasteiger partial charge is 0.0580 e. The number of rotatable bonds is 2. The number of hydrogen-bond donors (Lipinski definition) is 1. The summed E-state index contributed by atoms with van der Waals surface area (Å²) in [6.07, 6.45) is 9.19. The van der Waals surface area contributed by atoms with E-state index in [1.54, 1.807) is 0 Å². The van der Waals surface area contributed by atoms with Crippen LogP contribution < -0.4 is 0 Å². The first-order chi connectivity index (χ1) is 16.1. The number of allylic oxidation sites excluding steroid dienone is 1. The summed E-state index contributed by atoms with van der Waals surface area (Å²) in [6, 6.07) is 0. The fourth-order valence-electron chi connectivity index (χ4n) is 3.37. The van der Waals surface area contributed by atoms with E-state index in [4.69, 9.17) is 4.34 Å². The van der Waals surface area contributed by atoms with E-state index in [1.165, 1.54) is 16.8 Å². The lowest BCUT2D eigenvalue weighted by Crippen LogP contribution is -2.15. The lowest BCUT2D eigenvalue weighted by Gasteiger charge is -2.21. The molecule has 3 heterocycles. The number of H-pyrrole nitrogens is 1. The Morgan fingerprint density at radius 3 is 2.03 bits per heavy atom. The molecule has 0 radical (unpaired) electrons. The van der Waals surface area contributed by atoms with Crippen LogP contribution in [0.25, 0.3) is 0 Å². The van der Waals surface area contributed by atoms with Crippen molar-refractivity contribution in [1.82, 2.24) is 20.0 Å². The van der Waals surface area contributed by atoms with Crippen molar-refractivity contribution in [2.75, 3.05) is 6.54 Å². The third kappa shape index (κ3) is 8.40. The van der Waals surface area contributed by atoms with Gasteiger partial charge in [0.05, 0.1) is 18.9 Å². The Labute approximate surface area is 201 Å². The highest BCUT2D eigenvalue weighted by atomic mass is 15.3. The minimum absolute atomic E-state index is 0.101. The molecule has 32 heavy (non-hydrogen) atoms. The highest BCUT2D eigenvalue weighted by Crippen LogP contribution is 2.29. The molecule has 0 spiro atoms. The van der Waals surface area contributed by atoms with Gasteiger partial charge in [0.1, 0.15) is 0 Å². The van der Waals surface area contributed by atoms with E-state index in [-0.39, 0.29) is 23.1 Å². The summed E-state index contributed by atoms with van der Waals surface area (Å²) in [4.78, 5) is 4.43. The summed E-state index contributed by atoms with van der Waals surface area (Å²) >= 11 is 0. The van der Waals surface area contributed by atoms with E-state index in [0.29, 0.717) is 0 Å². The van der Waals surface area contributed by atoms with Gasteiger partial charge in [-0.25, -0.2) is 0 Å². The average Bonchev–Trinajstić information content (AvgIpc) is 3.54. The number of aliphatic imine (C=N–C) groups is 1. The fraction of sp³-hybridized carbons (Fsp3) is 0.667. The Morgan fingerprint density at radius 1 is 1.03 bits per heavy atom. The van der Waals surface area contributed by atoms with E-state index in [1.807, 2.05) is 17.1 Å². The van der Waals surface area contributed by atoms with Gasteiger partial charge in [0.25, 0.3) is 0 Å². The minimum atomic E-state index is 0.101. The zero-order valence-electron chi connectivity index (χ0n) is 25.4. The second kappa shape index (κ2) is 11.1. The number of nitrogens with zero attached hydrogens (tertiary/aromatic N) is 4. The third-order valence-corrected chi connectivity index (χ3v) is 5.38. The third-order valence-electron chi connectivity index (χ3n) is 5.38. The summed E-state index contributed by atoms with van der Waals surface area (Å²) in [5.41, 5.74) is 6.74. The molecular weight excluding hydrogens is 394 g/mol. The van der Waals surface area contributed by atoms with Crippen molar-refractivity contribution in [3.63, 3.8) is 0 Å². The van der Waals surface area contributed by atoms with Gasteiger partial charge in [-0.05, 0) is 53.2 Å². The Hall–Kier alpha value is -2.17. The standard InChI is InChI=1S/C10H17N.C9H16N2.C8H14N2.H2/c1-5-9-8(6-7-11-9)10(2,3)4;1-5-11-7-8(6-10-11)9(2,3)4;1-6-7(5-9-10-6)8(2,3)4;/h6H,5,7H2,1-4H3;6-7H,5H2,1-4H3;5H,1-4H3,(H,9,10);1H/i;;1T;1+2T. The molecule has 2 aromatic heterocycles. The van der Waals surface area contributed by atoms with Crippen LogP contribution in [0, 0.1) is 12.3 Å². The second-order valence-electron chi connectivity index (χ2n) is 11.4. The molecule has 5 heteroatoms. The summed E-state index contributed by atoms with van der Waals surface area (Å²) in [7, 11) is 0. The van der Waals surface area contributed by atoms with Crippen LogP contribution in [0.4, 0.5) is 0 Å². The Bertz CT molecular complexity index is 920. The molecule has 0 atom stereocenters. The molecule has 2 aromatic rings. The van der Waals surface area contributed by atoms with Crippen molar-refractivity contribution in [3.8, 4) is 0 Å². The summed E-state index contributed by atoms with van der Waals surface area (Å²) < 4.78 is 19.2.